The van der Waals surface area contributed by atoms with Gasteiger partial charge in [0.2, 0.25) is 0 Å². The Bertz CT molecular complexity index is 4500. The van der Waals surface area contributed by atoms with Crippen LogP contribution in [0.5, 0.6) is 0 Å². The molecule has 1 aromatic heterocycles. The molecule has 0 atom stereocenters. The minimum atomic E-state index is -0.488. The number of hydrogen-bond donors (Lipinski definition) is 0. The van der Waals surface area contributed by atoms with Crippen LogP contribution in [-0.2, 0) is 5.41 Å². The van der Waals surface area contributed by atoms with E-state index in [0.717, 1.165) is 21.9 Å². The summed E-state index contributed by atoms with van der Waals surface area (Å²) in [4.78, 5) is 0. The van der Waals surface area contributed by atoms with Crippen molar-refractivity contribution in [2.24, 2.45) is 0 Å². The summed E-state index contributed by atoms with van der Waals surface area (Å²) in [6, 6.07) is 90.8. The number of fused-ring (bicyclic) bond motifs is 21. The highest BCUT2D eigenvalue weighted by molar-refractivity contribution is 6.24. The molecule has 0 aliphatic heterocycles. The Labute approximate surface area is 404 Å². The van der Waals surface area contributed by atoms with E-state index in [1.54, 1.807) is 0 Å². The Morgan fingerprint density at radius 3 is 1.41 bits per heavy atom. The van der Waals surface area contributed by atoms with Crippen molar-refractivity contribution in [1.82, 2.24) is 0 Å². The number of benzene rings is 13. The van der Waals surface area contributed by atoms with Gasteiger partial charge in [0.15, 0.2) is 0 Å². The fourth-order valence-corrected chi connectivity index (χ4v) is 13.2. The zero-order chi connectivity index (χ0) is 45.7. The molecule has 0 radical (unpaired) electrons. The van der Waals surface area contributed by atoms with Gasteiger partial charge in [-0.15, -0.1) is 0 Å². The Hall–Kier alpha value is -9.04. The number of rotatable bonds is 3. The maximum Gasteiger partial charge on any atom is 0.135 e. The molecule has 13 aromatic carbocycles. The van der Waals surface area contributed by atoms with E-state index in [-0.39, 0.29) is 0 Å². The predicted molar refractivity (Wildman–Crippen MR) is 294 cm³/mol. The van der Waals surface area contributed by atoms with E-state index < -0.39 is 5.41 Å². The van der Waals surface area contributed by atoms with Gasteiger partial charge < -0.3 is 4.42 Å². The molecule has 1 nitrogen and oxygen atoms in total. The van der Waals surface area contributed by atoms with Crippen molar-refractivity contribution in [2.75, 3.05) is 0 Å². The average molecular weight is 885 g/mol. The van der Waals surface area contributed by atoms with E-state index in [4.69, 9.17) is 4.42 Å². The van der Waals surface area contributed by atoms with Crippen molar-refractivity contribution in [3.05, 3.63) is 265 Å². The standard InChI is InChI=1S/C69H40O/c1-2-17-43-40-62-59(38-42(43)16-1)67-51-24-4-3-20-47(51)57-37-44(32-34-56(57)68(67)69(62)60-29-12-9-21-48(60)49-22-10-13-30-61(49)69)41-18-15-19-45(36-41)65-52-25-5-7-27-54(52)66(55-28-8-6-26-53(55)65)46-33-35-64-58(39-46)50-23-11-14-31-63(50)70-64/h1-40H. The lowest BCUT2D eigenvalue weighted by Crippen LogP contribution is -2.26. The van der Waals surface area contributed by atoms with Gasteiger partial charge in [-0.25, -0.2) is 0 Å². The van der Waals surface area contributed by atoms with Crippen molar-refractivity contribution in [3.8, 4) is 55.6 Å². The van der Waals surface area contributed by atoms with Crippen LogP contribution in [0.4, 0.5) is 0 Å². The maximum atomic E-state index is 6.28. The van der Waals surface area contributed by atoms with Gasteiger partial charge >= 0.3 is 0 Å². The molecule has 0 amide bonds. The summed E-state index contributed by atoms with van der Waals surface area (Å²) < 4.78 is 6.28. The summed E-state index contributed by atoms with van der Waals surface area (Å²) in [7, 11) is 0. The second-order valence-electron chi connectivity index (χ2n) is 19.4. The molecule has 1 heteroatoms. The first-order chi connectivity index (χ1) is 34.7. The Morgan fingerprint density at radius 2 is 0.729 bits per heavy atom. The van der Waals surface area contributed by atoms with Crippen LogP contribution in [0.1, 0.15) is 22.3 Å². The summed E-state index contributed by atoms with van der Waals surface area (Å²) in [6.45, 7) is 0. The molecule has 70 heavy (non-hydrogen) atoms. The van der Waals surface area contributed by atoms with Gasteiger partial charge in [0.05, 0.1) is 5.41 Å². The molecule has 0 fully saturated rings. The van der Waals surface area contributed by atoms with Gasteiger partial charge in [0.25, 0.3) is 0 Å². The number of furan rings is 1. The van der Waals surface area contributed by atoms with E-state index in [1.165, 1.54) is 132 Å². The van der Waals surface area contributed by atoms with E-state index in [1.807, 2.05) is 6.07 Å². The molecular weight excluding hydrogens is 845 g/mol. The van der Waals surface area contributed by atoms with Crippen LogP contribution in [0.3, 0.4) is 0 Å². The fourth-order valence-electron chi connectivity index (χ4n) is 13.2. The normalized spacial score (nSPS) is 13.3. The molecule has 322 valence electrons. The largest absolute Gasteiger partial charge is 0.456 e. The molecule has 0 saturated carbocycles. The summed E-state index contributed by atoms with van der Waals surface area (Å²) in [5, 5.41) is 14.9. The first-order valence-electron chi connectivity index (χ1n) is 24.4. The summed E-state index contributed by atoms with van der Waals surface area (Å²) in [5.41, 5.74) is 19.4. The summed E-state index contributed by atoms with van der Waals surface area (Å²) in [6.07, 6.45) is 0. The second kappa shape index (κ2) is 14.0. The quantitative estimate of drug-likeness (QED) is 0.127. The molecule has 0 saturated heterocycles. The van der Waals surface area contributed by atoms with Crippen molar-refractivity contribution >= 4 is 75.8 Å². The highest BCUT2D eigenvalue weighted by Crippen LogP contribution is 2.66. The third-order valence-electron chi connectivity index (χ3n) is 16.0. The molecule has 0 bridgehead atoms. The van der Waals surface area contributed by atoms with E-state index in [2.05, 4.69) is 237 Å². The number of hydrogen-bond acceptors (Lipinski definition) is 1. The highest BCUT2D eigenvalue weighted by Gasteiger charge is 2.53. The third kappa shape index (κ3) is 4.95. The molecule has 0 unspecified atom stereocenters. The van der Waals surface area contributed by atoms with Gasteiger partial charge in [0.1, 0.15) is 11.2 Å². The molecule has 14 aromatic rings. The monoisotopic (exact) mass is 884 g/mol. The molecule has 0 N–H and O–H groups in total. The molecule has 1 heterocycles. The first kappa shape index (κ1) is 38.0. The topological polar surface area (TPSA) is 13.1 Å². The Balaban J connectivity index is 0.928. The van der Waals surface area contributed by atoms with Crippen LogP contribution in [0.15, 0.2) is 247 Å². The van der Waals surface area contributed by atoms with Crippen LogP contribution in [-0.4, -0.2) is 0 Å². The average Bonchev–Trinajstić information content (AvgIpc) is 4.06. The smallest absolute Gasteiger partial charge is 0.135 e. The van der Waals surface area contributed by atoms with Crippen molar-refractivity contribution in [2.45, 2.75) is 5.41 Å². The summed E-state index contributed by atoms with van der Waals surface area (Å²) >= 11 is 0. The first-order valence-corrected chi connectivity index (χ1v) is 24.4. The highest BCUT2D eigenvalue weighted by atomic mass is 16.3. The van der Waals surface area contributed by atoms with E-state index in [9.17, 15) is 0 Å². The van der Waals surface area contributed by atoms with Crippen molar-refractivity contribution in [3.63, 3.8) is 0 Å². The van der Waals surface area contributed by atoms with Crippen LogP contribution >= 0.6 is 0 Å². The number of para-hydroxylation sites is 1. The van der Waals surface area contributed by atoms with Gasteiger partial charge in [-0.2, -0.15) is 0 Å². The molecular formula is C69H40O. The van der Waals surface area contributed by atoms with Crippen LogP contribution in [0, 0.1) is 0 Å². The van der Waals surface area contributed by atoms with Crippen LogP contribution in [0.25, 0.3) is 131 Å². The molecule has 1 spiro atoms. The van der Waals surface area contributed by atoms with Gasteiger partial charge in [-0.1, -0.05) is 200 Å². The zero-order valence-electron chi connectivity index (χ0n) is 38.0. The van der Waals surface area contributed by atoms with Crippen LogP contribution < -0.4 is 0 Å². The molecule has 16 rings (SSSR count). The minimum Gasteiger partial charge on any atom is -0.456 e. The lowest BCUT2D eigenvalue weighted by Gasteiger charge is -2.32. The third-order valence-corrected chi connectivity index (χ3v) is 16.0. The summed E-state index contributed by atoms with van der Waals surface area (Å²) in [5.74, 6) is 0. The van der Waals surface area contributed by atoms with E-state index >= 15 is 0 Å². The van der Waals surface area contributed by atoms with Gasteiger partial charge in [-0.05, 0) is 174 Å². The van der Waals surface area contributed by atoms with E-state index in [0.29, 0.717) is 0 Å². The van der Waals surface area contributed by atoms with Crippen molar-refractivity contribution in [1.29, 1.82) is 0 Å². The van der Waals surface area contributed by atoms with Gasteiger partial charge in [-0.3, -0.25) is 0 Å². The minimum absolute atomic E-state index is 0.488. The van der Waals surface area contributed by atoms with Gasteiger partial charge in [0, 0.05) is 10.8 Å². The fraction of sp³-hybridized carbons (Fsp3) is 0.0145. The predicted octanol–water partition coefficient (Wildman–Crippen LogP) is 18.7. The second-order valence-corrected chi connectivity index (χ2v) is 19.4. The lowest BCUT2D eigenvalue weighted by atomic mass is 9.69. The molecule has 2 aliphatic carbocycles. The zero-order valence-corrected chi connectivity index (χ0v) is 38.0. The Kier molecular flexibility index (Phi) is 7.60. The Morgan fingerprint density at radius 1 is 0.243 bits per heavy atom. The SMILES string of the molecule is c1cc(-c2ccc3c4c(c5ccccc5c3c2)-c2cc3ccccc3cc2C42c3ccccc3-c3ccccc32)cc(-c2c3ccccc3c(-c3ccc4oc5ccccc5c4c3)c3ccccc23)c1. The van der Waals surface area contributed by atoms with Crippen molar-refractivity contribution < 1.29 is 4.42 Å². The maximum absolute atomic E-state index is 6.28. The lowest BCUT2D eigenvalue weighted by molar-refractivity contribution is 0.669. The van der Waals surface area contributed by atoms with Crippen LogP contribution in [0.2, 0.25) is 0 Å². The molecule has 2 aliphatic rings.